The molecule has 0 aliphatic rings. The molecule has 5 heteroatoms. The third-order valence-electron chi connectivity index (χ3n) is 10.6. The van der Waals surface area contributed by atoms with Gasteiger partial charge in [0.15, 0.2) is 6.10 Å². The summed E-state index contributed by atoms with van der Waals surface area (Å²) in [6, 6.07) is 0. The maximum atomic E-state index is 12.2. The highest BCUT2D eigenvalue weighted by Gasteiger charge is 2.16. The van der Waals surface area contributed by atoms with Gasteiger partial charge >= 0.3 is 11.9 Å². The number of carbonyl (C=O) groups excluding carboxylic acids is 2. The summed E-state index contributed by atoms with van der Waals surface area (Å²) in [7, 11) is 0. The molecule has 0 aliphatic heterocycles. The largest absolute Gasteiger partial charge is 0.462 e. The Morgan fingerprint density at radius 3 is 1.04 bits per heavy atom. The molecule has 0 radical (unpaired) electrons. The SMILES string of the molecule is CCCCCCCCC=CCCCCCCCCCCCC(=O)O[C@@H](CO)COC(=O)CCCCCCCCCCCCCCCCCCCCC. The maximum absolute atomic E-state index is 12.2. The van der Waals surface area contributed by atoms with Crippen molar-refractivity contribution in [2.24, 2.45) is 0 Å². The molecule has 0 aromatic heterocycles. The van der Waals surface area contributed by atoms with Gasteiger partial charge in [-0.1, -0.05) is 219 Å². The molecule has 0 aromatic carbocycles. The quantitative estimate of drug-likeness (QED) is 0.0383. The standard InChI is InChI=1S/C47H90O5/c1-3-5-7-9-11-13-15-17-19-21-23-25-27-29-31-33-35-37-39-41-46(49)51-44-45(43-48)52-47(50)42-40-38-36-34-32-30-28-26-24-22-20-18-16-14-12-10-8-6-4-2/h18,20,45,48H,3-17,19,21-44H2,1-2H3/t45-/m0/s1. The molecule has 0 fully saturated rings. The fraction of sp³-hybridized carbons (Fsp3) is 0.915. The first-order valence-electron chi connectivity index (χ1n) is 23.2. The van der Waals surface area contributed by atoms with E-state index in [1.807, 2.05) is 0 Å². The summed E-state index contributed by atoms with van der Waals surface area (Å²) in [5.74, 6) is -0.577. The van der Waals surface area contributed by atoms with Crippen LogP contribution in [-0.2, 0) is 19.1 Å². The number of esters is 2. The number of unbranched alkanes of at least 4 members (excludes halogenated alkanes) is 33. The summed E-state index contributed by atoms with van der Waals surface area (Å²) in [5.41, 5.74) is 0. The monoisotopic (exact) mass is 735 g/mol. The molecular weight excluding hydrogens is 645 g/mol. The molecule has 0 unspecified atom stereocenters. The van der Waals surface area contributed by atoms with Gasteiger partial charge in [0.05, 0.1) is 6.61 Å². The van der Waals surface area contributed by atoms with Gasteiger partial charge in [-0.3, -0.25) is 9.59 Å². The first-order valence-corrected chi connectivity index (χ1v) is 23.2. The number of hydrogen-bond acceptors (Lipinski definition) is 5. The normalized spacial score (nSPS) is 12.1. The summed E-state index contributed by atoms with van der Waals surface area (Å²) < 4.78 is 10.7. The van der Waals surface area contributed by atoms with Crippen molar-refractivity contribution in [1.82, 2.24) is 0 Å². The van der Waals surface area contributed by atoms with E-state index in [1.165, 1.54) is 199 Å². The van der Waals surface area contributed by atoms with E-state index in [2.05, 4.69) is 26.0 Å². The lowest BCUT2D eigenvalue weighted by Crippen LogP contribution is -2.28. The Labute approximate surface area is 324 Å². The summed E-state index contributed by atoms with van der Waals surface area (Å²) >= 11 is 0. The molecule has 0 spiro atoms. The van der Waals surface area contributed by atoms with E-state index in [-0.39, 0.29) is 25.2 Å². The van der Waals surface area contributed by atoms with E-state index in [4.69, 9.17) is 9.47 Å². The summed E-state index contributed by atoms with van der Waals surface area (Å²) in [6.07, 6.45) is 51.5. The first-order chi connectivity index (χ1) is 25.6. The van der Waals surface area contributed by atoms with Crippen molar-refractivity contribution < 1.29 is 24.2 Å². The van der Waals surface area contributed by atoms with Crippen LogP contribution in [0.25, 0.3) is 0 Å². The van der Waals surface area contributed by atoms with Gasteiger partial charge in [-0.15, -0.1) is 0 Å². The molecule has 0 heterocycles. The number of allylic oxidation sites excluding steroid dienone is 2. The van der Waals surface area contributed by atoms with Crippen LogP contribution < -0.4 is 0 Å². The van der Waals surface area contributed by atoms with Crippen LogP contribution in [0.3, 0.4) is 0 Å². The van der Waals surface area contributed by atoms with Crippen molar-refractivity contribution in [3.63, 3.8) is 0 Å². The molecule has 5 nitrogen and oxygen atoms in total. The van der Waals surface area contributed by atoms with Crippen LogP contribution in [0.2, 0.25) is 0 Å². The van der Waals surface area contributed by atoms with Crippen molar-refractivity contribution >= 4 is 11.9 Å². The highest BCUT2D eigenvalue weighted by Crippen LogP contribution is 2.16. The Kier molecular flexibility index (Phi) is 42.9. The molecule has 1 N–H and O–H groups in total. The molecule has 1 atom stereocenters. The van der Waals surface area contributed by atoms with E-state index < -0.39 is 6.10 Å². The molecule has 0 rings (SSSR count). The minimum Gasteiger partial charge on any atom is -0.462 e. The van der Waals surface area contributed by atoms with Crippen LogP contribution in [0.1, 0.15) is 258 Å². The van der Waals surface area contributed by atoms with Crippen LogP contribution >= 0.6 is 0 Å². The van der Waals surface area contributed by atoms with Crippen molar-refractivity contribution in [2.75, 3.05) is 13.2 Å². The lowest BCUT2D eigenvalue weighted by atomic mass is 10.0. The van der Waals surface area contributed by atoms with Crippen LogP contribution in [0, 0.1) is 0 Å². The Balaban J connectivity index is 3.47. The highest BCUT2D eigenvalue weighted by atomic mass is 16.6. The topological polar surface area (TPSA) is 72.8 Å². The minimum absolute atomic E-state index is 0.0598. The van der Waals surface area contributed by atoms with Crippen LogP contribution in [0.5, 0.6) is 0 Å². The van der Waals surface area contributed by atoms with Crippen molar-refractivity contribution in [3.05, 3.63) is 12.2 Å². The second-order valence-corrected chi connectivity index (χ2v) is 15.8. The lowest BCUT2D eigenvalue weighted by molar-refractivity contribution is -0.161. The Morgan fingerprint density at radius 2 is 0.712 bits per heavy atom. The average molecular weight is 735 g/mol. The molecule has 0 bridgehead atoms. The zero-order chi connectivity index (χ0) is 37.8. The Bertz CT molecular complexity index is 750. The number of ether oxygens (including phenoxy) is 2. The molecule has 0 aliphatic carbocycles. The number of rotatable bonds is 43. The number of aliphatic hydroxyl groups excluding tert-OH is 1. The van der Waals surface area contributed by atoms with E-state index >= 15 is 0 Å². The highest BCUT2D eigenvalue weighted by molar-refractivity contribution is 5.70. The fourth-order valence-corrected chi connectivity index (χ4v) is 7.02. The van der Waals surface area contributed by atoms with Gasteiger partial charge in [-0.2, -0.15) is 0 Å². The molecule has 0 saturated heterocycles. The number of carbonyl (C=O) groups is 2. The van der Waals surface area contributed by atoms with Crippen LogP contribution in [-0.4, -0.2) is 36.4 Å². The van der Waals surface area contributed by atoms with E-state index in [0.717, 1.165) is 32.1 Å². The van der Waals surface area contributed by atoms with Gasteiger partial charge in [0.1, 0.15) is 6.61 Å². The third kappa shape index (κ3) is 41.4. The van der Waals surface area contributed by atoms with Crippen molar-refractivity contribution in [2.45, 2.75) is 264 Å². The summed E-state index contributed by atoms with van der Waals surface area (Å²) in [5, 5.41) is 9.60. The first kappa shape index (κ1) is 50.6. The Hall–Kier alpha value is -1.36. The molecule has 52 heavy (non-hydrogen) atoms. The van der Waals surface area contributed by atoms with Gasteiger partial charge in [0, 0.05) is 12.8 Å². The molecular formula is C47H90O5. The summed E-state index contributed by atoms with van der Waals surface area (Å²) in [6.45, 7) is 4.17. The summed E-state index contributed by atoms with van der Waals surface area (Å²) in [4.78, 5) is 24.4. The van der Waals surface area contributed by atoms with Gasteiger partial charge in [-0.05, 0) is 38.5 Å². The second-order valence-electron chi connectivity index (χ2n) is 15.8. The second kappa shape index (κ2) is 44.0. The van der Waals surface area contributed by atoms with E-state index in [1.54, 1.807) is 0 Å². The molecule has 0 aromatic rings. The van der Waals surface area contributed by atoms with Crippen molar-refractivity contribution in [1.29, 1.82) is 0 Å². The van der Waals surface area contributed by atoms with Gasteiger partial charge in [-0.25, -0.2) is 0 Å². The van der Waals surface area contributed by atoms with Gasteiger partial charge < -0.3 is 14.6 Å². The molecule has 308 valence electrons. The van der Waals surface area contributed by atoms with Gasteiger partial charge in [0.2, 0.25) is 0 Å². The predicted octanol–water partition coefficient (Wildman–Crippen LogP) is 14.9. The number of hydrogen-bond donors (Lipinski definition) is 1. The average Bonchev–Trinajstić information content (AvgIpc) is 3.15. The smallest absolute Gasteiger partial charge is 0.306 e. The fourth-order valence-electron chi connectivity index (χ4n) is 7.02. The Morgan fingerprint density at radius 1 is 0.423 bits per heavy atom. The molecule has 0 saturated carbocycles. The zero-order valence-electron chi connectivity index (χ0n) is 35.1. The van der Waals surface area contributed by atoms with Crippen molar-refractivity contribution in [3.8, 4) is 0 Å². The van der Waals surface area contributed by atoms with E-state index in [0.29, 0.717) is 12.8 Å². The van der Waals surface area contributed by atoms with Crippen LogP contribution in [0.15, 0.2) is 12.2 Å². The van der Waals surface area contributed by atoms with Gasteiger partial charge in [0.25, 0.3) is 0 Å². The third-order valence-corrected chi connectivity index (χ3v) is 10.6. The molecule has 0 amide bonds. The lowest BCUT2D eigenvalue weighted by Gasteiger charge is -2.15. The maximum Gasteiger partial charge on any atom is 0.306 e. The minimum atomic E-state index is -0.766. The zero-order valence-corrected chi connectivity index (χ0v) is 35.1. The van der Waals surface area contributed by atoms with E-state index in [9.17, 15) is 14.7 Å². The number of aliphatic hydroxyl groups is 1. The van der Waals surface area contributed by atoms with Crippen LogP contribution in [0.4, 0.5) is 0 Å². The predicted molar refractivity (Wildman–Crippen MR) is 224 cm³/mol.